The number of carbonyl (C=O) groups excluding carboxylic acids is 2. The van der Waals surface area contributed by atoms with Crippen molar-refractivity contribution < 1.29 is 14.3 Å². The summed E-state index contributed by atoms with van der Waals surface area (Å²) in [6, 6.07) is 17.0. The second-order valence-electron chi connectivity index (χ2n) is 7.06. The molecule has 0 bridgehead atoms. The summed E-state index contributed by atoms with van der Waals surface area (Å²) in [5, 5.41) is 9.01. The van der Waals surface area contributed by atoms with Crippen molar-refractivity contribution >= 4 is 11.9 Å². The second-order valence-corrected chi connectivity index (χ2v) is 7.06. The number of urea groups is 1. The molecule has 6 nitrogen and oxygen atoms in total. The van der Waals surface area contributed by atoms with Crippen molar-refractivity contribution in [3.05, 3.63) is 65.7 Å². The molecule has 0 unspecified atom stereocenters. The van der Waals surface area contributed by atoms with Crippen LogP contribution < -0.4 is 20.7 Å². The van der Waals surface area contributed by atoms with Crippen LogP contribution in [0.3, 0.4) is 0 Å². The van der Waals surface area contributed by atoms with Gasteiger partial charge < -0.3 is 20.7 Å². The lowest BCUT2D eigenvalue weighted by atomic mass is 9.91. The number of benzene rings is 2. The maximum atomic E-state index is 12.2. The molecule has 3 amide bonds. The van der Waals surface area contributed by atoms with Gasteiger partial charge in [-0.05, 0) is 55.5 Å². The molecular formula is C22H27N3O3. The first-order chi connectivity index (χ1) is 13.6. The van der Waals surface area contributed by atoms with Crippen molar-refractivity contribution in [2.24, 2.45) is 0 Å². The normalized spacial score (nSPS) is 18.8. The molecule has 1 aliphatic rings. The first-order valence-corrected chi connectivity index (χ1v) is 9.67. The second kappa shape index (κ2) is 9.78. The van der Waals surface area contributed by atoms with Crippen LogP contribution in [0.5, 0.6) is 5.75 Å². The van der Waals surface area contributed by atoms with Crippen molar-refractivity contribution in [2.45, 2.75) is 44.3 Å². The fourth-order valence-electron chi connectivity index (χ4n) is 3.40. The summed E-state index contributed by atoms with van der Waals surface area (Å²) in [6.07, 6.45) is 3.44. The molecule has 1 fully saturated rings. The van der Waals surface area contributed by atoms with Gasteiger partial charge in [-0.3, -0.25) is 4.79 Å². The van der Waals surface area contributed by atoms with E-state index in [0.717, 1.165) is 37.0 Å². The van der Waals surface area contributed by atoms with Crippen molar-refractivity contribution in [1.82, 2.24) is 16.0 Å². The summed E-state index contributed by atoms with van der Waals surface area (Å²) in [6.45, 7) is 0.471. The molecule has 1 saturated carbocycles. The molecule has 3 N–H and O–H groups in total. The van der Waals surface area contributed by atoms with E-state index in [1.807, 2.05) is 54.6 Å². The highest BCUT2D eigenvalue weighted by Crippen LogP contribution is 2.19. The molecule has 0 radical (unpaired) electrons. The maximum absolute atomic E-state index is 12.2. The minimum absolute atomic E-state index is 0.0331. The van der Waals surface area contributed by atoms with E-state index in [2.05, 4.69) is 16.0 Å². The zero-order valence-electron chi connectivity index (χ0n) is 16.1. The lowest BCUT2D eigenvalue weighted by molar-refractivity contribution is 0.0924. The van der Waals surface area contributed by atoms with Gasteiger partial charge in [-0.2, -0.15) is 0 Å². The zero-order valence-corrected chi connectivity index (χ0v) is 16.1. The minimum Gasteiger partial charge on any atom is -0.497 e. The Labute approximate surface area is 165 Å². The van der Waals surface area contributed by atoms with Crippen LogP contribution in [0.2, 0.25) is 0 Å². The number of rotatable bonds is 6. The minimum atomic E-state index is -0.160. The highest BCUT2D eigenvalue weighted by molar-refractivity contribution is 5.94. The molecular weight excluding hydrogens is 354 g/mol. The zero-order chi connectivity index (χ0) is 19.8. The van der Waals surface area contributed by atoms with Crippen LogP contribution in [-0.4, -0.2) is 31.1 Å². The highest BCUT2D eigenvalue weighted by Gasteiger charge is 2.23. The summed E-state index contributed by atoms with van der Waals surface area (Å²) in [5.74, 6) is 0.763. The third kappa shape index (κ3) is 5.74. The molecule has 0 aliphatic heterocycles. The summed E-state index contributed by atoms with van der Waals surface area (Å²) < 4.78 is 5.13. The third-order valence-corrected chi connectivity index (χ3v) is 5.05. The number of ether oxygens (including phenoxy) is 1. The number of hydrogen-bond donors (Lipinski definition) is 3. The van der Waals surface area contributed by atoms with E-state index in [4.69, 9.17) is 4.74 Å². The highest BCUT2D eigenvalue weighted by atomic mass is 16.5. The Morgan fingerprint density at radius 3 is 2.11 bits per heavy atom. The van der Waals surface area contributed by atoms with Crippen LogP contribution in [0.25, 0.3) is 0 Å². The molecule has 3 rings (SSSR count). The van der Waals surface area contributed by atoms with E-state index in [-0.39, 0.29) is 24.0 Å². The van der Waals surface area contributed by atoms with E-state index in [1.54, 1.807) is 7.11 Å². The van der Waals surface area contributed by atoms with Gasteiger partial charge in [0, 0.05) is 24.2 Å². The predicted molar refractivity (Wildman–Crippen MR) is 108 cm³/mol. The smallest absolute Gasteiger partial charge is 0.315 e. The molecule has 0 atom stereocenters. The number of carbonyl (C=O) groups is 2. The maximum Gasteiger partial charge on any atom is 0.315 e. The predicted octanol–water partition coefficient (Wildman–Crippen LogP) is 3.24. The first kappa shape index (κ1) is 19.7. The molecule has 2 aromatic rings. The van der Waals surface area contributed by atoms with Crippen molar-refractivity contribution in [2.75, 3.05) is 7.11 Å². The van der Waals surface area contributed by atoms with E-state index in [9.17, 15) is 9.59 Å². The van der Waals surface area contributed by atoms with Gasteiger partial charge in [-0.15, -0.1) is 0 Å². The molecule has 1 aliphatic carbocycles. The van der Waals surface area contributed by atoms with Crippen molar-refractivity contribution in [3.63, 3.8) is 0 Å². The largest absolute Gasteiger partial charge is 0.497 e. The van der Waals surface area contributed by atoms with Gasteiger partial charge in [0.25, 0.3) is 5.91 Å². The quantitative estimate of drug-likeness (QED) is 0.719. The number of methoxy groups -OCH3 is 1. The lowest BCUT2D eigenvalue weighted by Crippen LogP contribution is -2.46. The Morgan fingerprint density at radius 1 is 0.893 bits per heavy atom. The number of nitrogens with one attached hydrogen (secondary N) is 3. The fourth-order valence-corrected chi connectivity index (χ4v) is 3.40. The molecule has 2 aromatic carbocycles. The first-order valence-electron chi connectivity index (χ1n) is 9.67. The monoisotopic (exact) mass is 381 g/mol. The van der Waals surface area contributed by atoms with Gasteiger partial charge >= 0.3 is 6.03 Å². The SMILES string of the molecule is COc1ccc(CNC(=O)NC2CCC(NC(=O)c3ccccc3)CC2)cc1. The Balaban J connectivity index is 1.36. The van der Waals surface area contributed by atoms with Crippen molar-refractivity contribution in [1.29, 1.82) is 0 Å². The van der Waals surface area contributed by atoms with Crippen LogP contribution in [0.4, 0.5) is 4.79 Å². The van der Waals surface area contributed by atoms with Gasteiger partial charge in [0.15, 0.2) is 0 Å². The van der Waals surface area contributed by atoms with E-state index in [1.165, 1.54) is 0 Å². The molecule has 6 heteroatoms. The number of hydrogen-bond acceptors (Lipinski definition) is 3. The van der Waals surface area contributed by atoms with Crippen LogP contribution >= 0.6 is 0 Å². The molecule has 0 aromatic heterocycles. The fraction of sp³-hybridized carbons (Fsp3) is 0.364. The van der Waals surface area contributed by atoms with Gasteiger partial charge in [-0.1, -0.05) is 30.3 Å². The summed E-state index contributed by atoms with van der Waals surface area (Å²) >= 11 is 0. The van der Waals surface area contributed by atoms with Crippen LogP contribution in [-0.2, 0) is 6.54 Å². The van der Waals surface area contributed by atoms with Crippen LogP contribution in [0.1, 0.15) is 41.6 Å². The van der Waals surface area contributed by atoms with Crippen LogP contribution in [0.15, 0.2) is 54.6 Å². The average molecular weight is 381 g/mol. The average Bonchev–Trinajstić information content (AvgIpc) is 2.74. The van der Waals surface area contributed by atoms with Gasteiger partial charge in [0.05, 0.1) is 7.11 Å². The third-order valence-electron chi connectivity index (χ3n) is 5.05. The molecule has 148 valence electrons. The number of amides is 3. The Bertz CT molecular complexity index is 769. The van der Waals surface area contributed by atoms with Gasteiger partial charge in [-0.25, -0.2) is 4.79 Å². The summed E-state index contributed by atoms with van der Waals surface area (Å²) in [4.78, 5) is 24.4. The summed E-state index contributed by atoms with van der Waals surface area (Å²) in [7, 11) is 1.63. The molecule has 0 heterocycles. The van der Waals surface area contributed by atoms with Gasteiger partial charge in [0.1, 0.15) is 5.75 Å². The topological polar surface area (TPSA) is 79.5 Å². The van der Waals surface area contributed by atoms with Crippen LogP contribution in [0, 0.1) is 0 Å². The molecule has 0 spiro atoms. The summed E-state index contributed by atoms with van der Waals surface area (Å²) in [5.41, 5.74) is 1.70. The Hall–Kier alpha value is -3.02. The standard InChI is InChI=1S/C22H27N3O3/c1-28-20-13-7-16(8-14-20)15-23-22(27)25-19-11-9-18(10-12-19)24-21(26)17-5-3-2-4-6-17/h2-8,13-14,18-19H,9-12,15H2,1H3,(H,24,26)(H2,23,25,27). The van der Waals surface area contributed by atoms with E-state index >= 15 is 0 Å². The Morgan fingerprint density at radius 2 is 1.50 bits per heavy atom. The lowest BCUT2D eigenvalue weighted by Gasteiger charge is -2.29. The van der Waals surface area contributed by atoms with E-state index in [0.29, 0.717) is 12.1 Å². The molecule has 0 saturated heterocycles. The molecule has 28 heavy (non-hydrogen) atoms. The van der Waals surface area contributed by atoms with Gasteiger partial charge in [0.2, 0.25) is 0 Å². The Kier molecular flexibility index (Phi) is 6.89. The van der Waals surface area contributed by atoms with E-state index < -0.39 is 0 Å². The van der Waals surface area contributed by atoms with Crippen molar-refractivity contribution in [3.8, 4) is 5.75 Å².